The summed E-state index contributed by atoms with van der Waals surface area (Å²) in [7, 11) is 1.56. The van der Waals surface area contributed by atoms with Gasteiger partial charge >= 0.3 is 5.97 Å². The monoisotopic (exact) mass is 287 g/mol. The average molecular weight is 287 g/mol. The summed E-state index contributed by atoms with van der Waals surface area (Å²) in [6.07, 6.45) is 0.653. The van der Waals surface area contributed by atoms with Crippen molar-refractivity contribution < 1.29 is 24.2 Å². The lowest BCUT2D eigenvalue weighted by atomic mass is 10.1. The molecule has 2 unspecified atom stereocenters. The van der Waals surface area contributed by atoms with E-state index >= 15 is 0 Å². The van der Waals surface area contributed by atoms with Crippen LogP contribution in [-0.4, -0.2) is 66.7 Å². The van der Waals surface area contributed by atoms with Gasteiger partial charge in [-0.15, -0.1) is 0 Å². The lowest BCUT2D eigenvalue weighted by molar-refractivity contribution is -0.149. The Bertz CT molecular complexity index is 374. The number of nitrogens with one attached hydrogen (secondary N) is 1. The minimum Gasteiger partial charge on any atom is -0.481 e. The number of carboxylic acids is 1. The minimum atomic E-state index is -1.13. The van der Waals surface area contributed by atoms with E-state index in [0.29, 0.717) is 26.0 Å². The lowest BCUT2D eigenvalue weighted by Crippen LogP contribution is -2.60. The fraction of sp³-hybridized carbons (Fsp3) is 0.750. The first-order valence-corrected chi connectivity index (χ1v) is 6.52. The highest BCUT2D eigenvalue weighted by molar-refractivity contribution is 5.93. The molecule has 1 aliphatic rings. The van der Waals surface area contributed by atoms with Gasteiger partial charge in [0.05, 0.1) is 12.5 Å². The number of ether oxygens (including phenoxy) is 1. The summed E-state index contributed by atoms with van der Waals surface area (Å²) >= 11 is 0. The third-order valence-electron chi connectivity index (χ3n) is 3.16. The average Bonchev–Trinajstić information content (AvgIpc) is 2.40. The van der Waals surface area contributed by atoms with Crippen molar-refractivity contribution in [2.75, 3.05) is 26.8 Å². The van der Waals surface area contributed by atoms with E-state index in [2.05, 4.69) is 5.32 Å². The predicted molar refractivity (Wildman–Crippen MR) is 69.8 cm³/mol. The first kappa shape index (κ1) is 16.4. The standard InChI is InChI=1S/C12H21N3O5/c1-20-6-2-3-8(13)12(19)15-5-4-14-11(18)9(15)7-10(16)17/h8-9H,2-7,13H2,1H3,(H,14,18)(H,16,17). The first-order chi connectivity index (χ1) is 9.47. The van der Waals surface area contributed by atoms with Crippen LogP contribution in [0.5, 0.6) is 0 Å². The van der Waals surface area contributed by atoms with Crippen molar-refractivity contribution in [1.82, 2.24) is 10.2 Å². The summed E-state index contributed by atoms with van der Waals surface area (Å²) in [5.74, 6) is -1.96. The molecule has 0 aliphatic carbocycles. The van der Waals surface area contributed by atoms with Gasteiger partial charge in [0.1, 0.15) is 6.04 Å². The third-order valence-corrected chi connectivity index (χ3v) is 3.16. The highest BCUT2D eigenvalue weighted by Crippen LogP contribution is 2.12. The number of hydrogen-bond acceptors (Lipinski definition) is 5. The molecule has 0 bridgehead atoms. The molecule has 20 heavy (non-hydrogen) atoms. The van der Waals surface area contributed by atoms with E-state index in [1.54, 1.807) is 7.11 Å². The molecule has 0 aromatic rings. The molecular weight excluding hydrogens is 266 g/mol. The maximum atomic E-state index is 12.2. The molecule has 1 saturated heterocycles. The highest BCUT2D eigenvalue weighted by Gasteiger charge is 2.36. The molecule has 0 radical (unpaired) electrons. The van der Waals surface area contributed by atoms with Gasteiger partial charge in [0.15, 0.2) is 0 Å². The summed E-state index contributed by atoms with van der Waals surface area (Å²) in [6, 6.07) is -1.73. The number of carbonyl (C=O) groups is 3. The number of carbonyl (C=O) groups excluding carboxylic acids is 2. The van der Waals surface area contributed by atoms with Gasteiger partial charge in [-0.25, -0.2) is 0 Å². The van der Waals surface area contributed by atoms with Gasteiger partial charge in [0, 0.05) is 26.8 Å². The topological polar surface area (TPSA) is 122 Å². The molecule has 114 valence electrons. The number of nitrogens with zero attached hydrogens (tertiary/aromatic N) is 1. The number of rotatable bonds is 7. The van der Waals surface area contributed by atoms with Crippen molar-refractivity contribution in [1.29, 1.82) is 0 Å². The minimum absolute atomic E-state index is 0.278. The zero-order valence-electron chi connectivity index (χ0n) is 11.5. The highest BCUT2D eigenvalue weighted by atomic mass is 16.5. The molecule has 1 rings (SSSR count). The second-order valence-corrected chi connectivity index (χ2v) is 4.68. The van der Waals surface area contributed by atoms with Crippen LogP contribution in [-0.2, 0) is 19.1 Å². The number of nitrogens with two attached hydrogens (primary N) is 1. The Morgan fingerprint density at radius 1 is 1.60 bits per heavy atom. The number of carboxylic acid groups (broad SMARTS) is 1. The molecule has 0 spiro atoms. The van der Waals surface area contributed by atoms with Crippen LogP contribution in [0.2, 0.25) is 0 Å². The van der Waals surface area contributed by atoms with Gasteiger partial charge < -0.3 is 25.8 Å². The lowest BCUT2D eigenvalue weighted by Gasteiger charge is -2.35. The third kappa shape index (κ3) is 4.46. The van der Waals surface area contributed by atoms with E-state index in [4.69, 9.17) is 15.6 Å². The van der Waals surface area contributed by atoms with Gasteiger partial charge in [-0.05, 0) is 12.8 Å². The fourth-order valence-electron chi connectivity index (χ4n) is 2.13. The van der Waals surface area contributed by atoms with E-state index in [-0.39, 0.29) is 12.5 Å². The van der Waals surface area contributed by atoms with Crippen molar-refractivity contribution >= 4 is 17.8 Å². The van der Waals surface area contributed by atoms with Crippen LogP contribution >= 0.6 is 0 Å². The smallest absolute Gasteiger partial charge is 0.305 e. The number of aliphatic carboxylic acids is 1. The Hall–Kier alpha value is -1.67. The Balaban J connectivity index is 2.66. The maximum absolute atomic E-state index is 12.2. The molecule has 4 N–H and O–H groups in total. The molecule has 2 amide bonds. The number of piperazine rings is 1. The molecule has 1 fully saturated rings. The Morgan fingerprint density at radius 3 is 2.90 bits per heavy atom. The van der Waals surface area contributed by atoms with Crippen molar-refractivity contribution in [3.8, 4) is 0 Å². The molecule has 0 aromatic heterocycles. The van der Waals surface area contributed by atoms with Gasteiger partial charge in [-0.3, -0.25) is 14.4 Å². The molecule has 8 heteroatoms. The SMILES string of the molecule is COCCCC(N)C(=O)N1CCNC(=O)C1CC(=O)O. The fourth-order valence-corrected chi connectivity index (χ4v) is 2.13. The van der Waals surface area contributed by atoms with Crippen LogP contribution in [0.3, 0.4) is 0 Å². The zero-order chi connectivity index (χ0) is 15.1. The van der Waals surface area contributed by atoms with Crippen molar-refractivity contribution in [2.45, 2.75) is 31.3 Å². The first-order valence-electron chi connectivity index (χ1n) is 6.52. The van der Waals surface area contributed by atoms with Crippen LogP contribution in [0.15, 0.2) is 0 Å². The van der Waals surface area contributed by atoms with Gasteiger partial charge in [0.25, 0.3) is 0 Å². The van der Waals surface area contributed by atoms with E-state index in [1.165, 1.54) is 4.90 Å². The van der Waals surface area contributed by atoms with E-state index in [1.807, 2.05) is 0 Å². The normalized spacial score (nSPS) is 20.4. The molecular formula is C12H21N3O5. The van der Waals surface area contributed by atoms with E-state index < -0.39 is 30.4 Å². The van der Waals surface area contributed by atoms with Crippen LogP contribution in [0.1, 0.15) is 19.3 Å². The van der Waals surface area contributed by atoms with E-state index in [9.17, 15) is 14.4 Å². The molecule has 1 heterocycles. The summed E-state index contributed by atoms with van der Waals surface area (Å²) < 4.78 is 4.89. The second-order valence-electron chi connectivity index (χ2n) is 4.68. The Labute approximate surface area is 117 Å². The van der Waals surface area contributed by atoms with Crippen LogP contribution in [0.25, 0.3) is 0 Å². The van der Waals surface area contributed by atoms with Gasteiger partial charge in [-0.1, -0.05) is 0 Å². The molecule has 0 saturated carbocycles. The molecule has 2 atom stereocenters. The number of hydrogen-bond donors (Lipinski definition) is 3. The summed E-state index contributed by atoms with van der Waals surface area (Å²) in [6.45, 7) is 1.09. The van der Waals surface area contributed by atoms with E-state index in [0.717, 1.165) is 0 Å². The van der Waals surface area contributed by atoms with Crippen molar-refractivity contribution in [3.63, 3.8) is 0 Å². The summed E-state index contributed by atoms with van der Waals surface area (Å²) in [5, 5.41) is 11.4. The zero-order valence-corrected chi connectivity index (χ0v) is 11.5. The van der Waals surface area contributed by atoms with Crippen LogP contribution < -0.4 is 11.1 Å². The van der Waals surface area contributed by atoms with Crippen LogP contribution in [0.4, 0.5) is 0 Å². The van der Waals surface area contributed by atoms with Crippen molar-refractivity contribution in [2.24, 2.45) is 5.73 Å². The largest absolute Gasteiger partial charge is 0.481 e. The van der Waals surface area contributed by atoms with Crippen molar-refractivity contribution in [3.05, 3.63) is 0 Å². The van der Waals surface area contributed by atoms with Gasteiger partial charge in [-0.2, -0.15) is 0 Å². The quantitative estimate of drug-likeness (QED) is 0.492. The summed E-state index contributed by atoms with van der Waals surface area (Å²) in [4.78, 5) is 36.0. The molecule has 8 nitrogen and oxygen atoms in total. The predicted octanol–water partition coefficient (Wildman–Crippen LogP) is -1.46. The Morgan fingerprint density at radius 2 is 2.30 bits per heavy atom. The number of amides is 2. The number of methoxy groups -OCH3 is 1. The second kappa shape index (κ2) is 7.81. The van der Waals surface area contributed by atoms with Gasteiger partial charge in [0.2, 0.25) is 11.8 Å². The Kier molecular flexibility index (Phi) is 6.40. The van der Waals surface area contributed by atoms with Crippen LogP contribution in [0, 0.1) is 0 Å². The molecule has 0 aromatic carbocycles. The maximum Gasteiger partial charge on any atom is 0.305 e. The molecule has 1 aliphatic heterocycles. The summed E-state index contributed by atoms with van der Waals surface area (Å²) in [5.41, 5.74) is 5.80.